The Morgan fingerprint density at radius 1 is 0.158 bits per heavy atom. The summed E-state index contributed by atoms with van der Waals surface area (Å²) in [6.45, 7) is -1.92. The molecule has 114 heavy (non-hydrogen) atoms. The van der Waals surface area contributed by atoms with E-state index in [0.717, 1.165) is 26.4 Å². The van der Waals surface area contributed by atoms with Gasteiger partial charge in [-0.2, -0.15) is 0 Å². The van der Waals surface area contributed by atoms with E-state index < -0.39 is 220 Å². The first kappa shape index (κ1) is 91.6. The molecule has 19 heterocycles. The van der Waals surface area contributed by atoms with Crippen LogP contribution in [0.3, 0.4) is 0 Å². The molecule has 0 aromatic carbocycles. The second-order valence-electron chi connectivity index (χ2n) is 31.5. The molecule has 0 unspecified atom stereocenters. The molecule has 19 aliphatic heterocycles. The Labute approximate surface area is 646 Å². The predicted octanol–water partition coefficient (Wildman–Crippen LogP) is -13.4. The van der Waals surface area contributed by atoms with E-state index >= 15 is 57.5 Å². The summed E-state index contributed by atoms with van der Waals surface area (Å²) in [6.07, 6.45) is 5.08. The number of carbonyl (C=O) groups is 12. The molecular weight excluding hydrogens is 1540 g/mol. The Morgan fingerprint density at radius 2 is 0.228 bits per heavy atom. The first-order valence-corrected chi connectivity index (χ1v) is 34.7. The smallest absolute Gasteiger partial charge is 0.870 e. The molecule has 12 spiro atoms. The van der Waals surface area contributed by atoms with Crippen LogP contribution < -0.4 is 0 Å². The summed E-state index contributed by atoms with van der Waals surface area (Å²) in [4.78, 5) is 238. The maximum Gasteiger partial charge on any atom is 1.00 e. The van der Waals surface area contributed by atoms with Crippen LogP contribution in [0, 0.1) is 0 Å². The van der Waals surface area contributed by atoms with E-state index in [0.29, 0.717) is 38.5 Å². The van der Waals surface area contributed by atoms with Crippen LogP contribution >= 0.6 is 0 Å². The standard InChI is InChI=1S/C54H60N24O12.C4H8O2.18H2O/c79-31-55-19-59-33(81)63-23-67-37(85)71-27-75-41(89)77-29-73-39(87)69-25-65-35(83)61-21-57(31)44-8-1-7-43(44,55)56-20-60-34(82)64(47(63)11-2-9-45(47,59)60)24-68-38(86)72(51(71)15-4-13-49(51,67)68)28-76-42(90)78(54(77)18-6-17-53(54,75)76)30-74-40(88)70(50(69)14-5-16-52(50,73)74)26-66-36(84)62(22-58(44)32(56)80)46(61)10-3-12-48(46,65)66;1-2-6-4-3-5-1;;;;;;;;;;;;;;;;;;/h1-30H2;1-4H2;18*1H2. The van der Waals surface area contributed by atoms with Gasteiger partial charge in [-0.05, 0) is 116 Å². The van der Waals surface area contributed by atoms with Gasteiger partial charge in [-0.25, -0.2) is 57.5 Å². The monoisotopic (exact) mass is 1650 g/mol. The number of hydrogen-bond donors (Lipinski definition) is 0. The Hall–Kier alpha value is -9.56. The summed E-state index contributed by atoms with van der Waals surface area (Å²) in [5, 5.41) is 0. The topological polar surface area (TPSA) is 865 Å². The van der Waals surface area contributed by atoms with Gasteiger partial charge in [0.1, 0.15) is 80.0 Å². The van der Waals surface area contributed by atoms with Crippen LogP contribution in [0.2, 0.25) is 0 Å². The predicted molar refractivity (Wildman–Crippen MR) is 369 cm³/mol. The fourth-order valence-electron chi connectivity index (χ4n) is 28.0. The molecule has 6 saturated carbocycles. The number of rotatable bonds is 0. The number of ether oxygens (including phenoxy) is 2. The van der Waals surface area contributed by atoms with Crippen molar-refractivity contribution in [3.8, 4) is 0 Å². The third-order valence-electron chi connectivity index (χ3n) is 30.5. The van der Waals surface area contributed by atoms with E-state index in [4.69, 9.17) is 9.47 Å². The van der Waals surface area contributed by atoms with Crippen LogP contribution in [0.5, 0.6) is 0 Å². The lowest BCUT2D eigenvalue weighted by molar-refractivity contribution is -0.162. The van der Waals surface area contributed by atoms with Gasteiger partial charge in [0, 0.05) is 0 Å². The highest BCUT2D eigenvalue weighted by Gasteiger charge is 2.95. The van der Waals surface area contributed by atoms with Crippen molar-refractivity contribution in [1.82, 2.24) is 118 Å². The Balaban J connectivity index is 0.000000888. The third kappa shape index (κ3) is 7.06. The Bertz CT molecular complexity index is 3100. The van der Waals surface area contributed by atoms with Crippen LogP contribution in [-0.4, -0.2) is 463 Å². The molecule has 0 bridgehead atoms. The molecule has 34 N–H and O–H groups in total. The number of carbonyl (C=O) groups excluding carboxylic acids is 12. The van der Waals surface area contributed by atoms with Crippen molar-refractivity contribution in [2.24, 2.45) is 0 Å². The van der Waals surface area contributed by atoms with Gasteiger partial charge < -0.3 is 108 Å². The molecule has 19 saturated heterocycles. The Kier molecular flexibility index (Phi) is 20.5. The molecule has 24 amide bonds. The van der Waals surface area contributed by atoms with E-state index in [2.05, 4.69) is 0 Å². The number of hydrogen-bond acceptors (Lipinski definition) is 16. The van der Waals surface area contributed by atoms with Gasteiger partial charge in [0.05, 0.1) is 26.4 Å². The van der Waals surface area contributed by atoms with Gasteiger partial charge in [-0.15, -0.1) is 0 Å². The van der Waals surface area contributed by atoms with Crippen LogP contribution in [0.25, 0.3) is 0 Å². The summed E-state index contributed by atoms with van der Waals surface area (Å²) in [5.74, 6) is 0. The van der Waals surface area contributed by atoms with Gasteiger partial charge in [0.15, 0.2) is 68.0 Å². The molecule has 0 aromatic rings. The van der Waals surface area contributed by atoms with Crippen molar-refractivity contribution in [3.05, 3.63) is 0 Å². The van der Waals surface area contributed by atoms with Crippen LogP contribution in [-0.2, 0) is 9.47 Å². The lowest BCUT2D eigenvalue weighted by Gasteiger charge is -2.55. The van der Waals surface area contributed by atoms with Crippen molar-refractivity contribution < 1.29 is 168 Å². The summed E-state index contributed by atoms with van der Waals surface area (Å²) in [5.41, 5.74) is -19.2. The molecule has 25 fully saturated rings. The fraction of sp³-hybridized carbons (Fsp3) is 0.793. The largest absolute Gasteiger partial charge is 1.00 e. The molecule has 0 radical (unpaired) electrons. The maximum atomic E-state index is 16.6. The van der Waals surface area contributed by atoms with E-state index in [1.165, 1.54) is 0 Å². The summed E-state index contributed by atoms with van der Waals surface area (Å²) in [6, 6.07) is -6.74. The molecule has 0 aromatic heterocycles. The highest BCUT2D eigenvalue weighted by Crippen LogP contribution is 2.74. The van der Waals surface area contributed by atoms with E-state index in [1.54, 1.807) is 118 Å². The molecule has 56 heteroatoms. The first-order valence-electron chi connectivity index (χ1n) is 34.7. The average Bonchev–Trinajstić information content (AvgIpc) is 1.44. The maximum absolute atomic E-state index is 16.6. The molecular formula is C58H104N24O32. The molecule has 25 rings (SSSR count). The molecule has 648 valence electrons. The van der Waals surface area contributed by atoms with Gasteiger partial charge in [0.25, 0.3) is 0 Å². The van der Waals surface area contributed by atoms with Gasteiger partial charge in [0.2, 0.25) is 0 Å². The highest BCUT2D eigenvalue weighted by molar-refractivity contribution is 5.99. The first-order chi connectivity index (χ1) is 46.4. The number of urea groups is 12. The SMILES string of the molecule is C1COCCO1.O.O.O.O.O.O.O.O.O.O.O.O.O.O.O.O.O=C1N2CN3C(=O)N4CN5C(=O)N6CN7C(=O)N8CN9C(=O)N%10CN%11C(=O)N%12CN1C1%13CCCC21N1CN2C(=O)N(CN%14C(=O)N(CN%15C(=O)N(CN%16C(=O)N(CN%17C(=O)N(CN%13C1=O)C%121CCCC%11%171)C%101CCCC9%161)C81CCCC7%151)C61CCCC5%141)C41CCCC321.[H+].[H+].[OH-].[OH-]. The van der Waals surface area contributed by atoms with E-state index in [1.807, 2.05) is 0 Å². The zero-order valence-electron chi connectivity index (χ0n) is 63.4. The van der Waals surface area contributed by atoms with Gasteiger partial charge in [-0.1, -0.05) is 0 Å². The van der Waals surface area contributed by atoms with Crippen LogP contribution in [0.4, 0.5) is 57.5 Å². The lowest BCUT2D eigenvalue weighted by atomic mass is 9.90. The number of amides is 24. The van der Waals surface area contributed by atoms with Crippen molar-refractivity contribution in [1.29, 1.82) is 0 Å². The summed E-state index contributed by atoms with van der Waals surface area (Å²) < 4.78 is 9.89. The van der Waals surface area contributed by atoms with Crippen molar-refractivity contribution in [2.45, 2.75) is 184 Å². The zero-order valence-corrected chi connectivity index (χ0v) is 61.4. The quantitative estimate of drug-likeness (QED) is 0.217. The Morgan fingerprint density at radius 3 is 0.289 bits per heavy atom. The van der Waals surface area contributed by atoms with Crippen molar-refractivity contribution in [2.75, 3.05) is 106 Å². The lowest BCUT2D eigenvalue weighted by Crippen LogP contribution is -2.76. The van der Waals surface area contributed by atoms with Crippen molar-refractivity contribution >= 4 is 72.4 Å². The number of nitrogens with zero attached hydrogens (tertiary/aromatic N) is 24. The second kappa shape index (κ2) is 25.5. The minimum Gasteiger partial charge on any atom is -0.870 e. The normalized spacial score (nSPS) is 39.4. The van der Waals surface area contributed by atoms with Crippen LogP contribution in [0.1, 0.15) is 118 Å². The molecule has 56 nitrogen and oxygen atoms in total. The minimum atomic E-state index is -1.60. The fourth-order valence-corrected chi connectivity index (χ4v) is 28.0. The zero-order chi connectivity index (χ0) is 64.2. The third-order valence-corrected chi connectivity index (χ3v) is 30.5. The molecule has 25 aliphatic rings. The highest BCUT2D eigenvalue weighted by atomic mass is 16.6. The molecule has 0 atom stereocenters. The van der Waals surface area contributed by atoms with Gasteiger partial charge in [-0.3, -0.25) is 118 Å². The second-order valence-corrected chi connectivity index (χ2v) is 31.5. The van der Waals surface area contributed by atoms with Crippen LogP contribution in [0.15, 0.2) is 0 Å². The van der Waals surface area contributed by atoms with E-state index in [-0.39, 0.29) is 178 Å². The average molecular weight is 1650 g/mol. The molecule has 6 aliphatic carbocycles. The van der Waals surface area contributed by atoms with Crippen molar-refractivity contribution in [3.63, 3.8) is 0 Å². The van der Waals surface area contributed by atoms with Gasteiger partial charge >= 0.3 is 75.2 Å². The summed E-state index contributed by atoms with van der Waals surface area (Å²) >= 11 is 0. The van der Waals surface area contributed by atoms with E-state index in [9.17, 15) is 0 Å². The summed E-state index contributed by atoms with van der Waals surface area (Å²) in [7, 11) is 0. The minimum absolute atomic E-state index is 0.